The van der Waals surface area contributed by atoms with Gasteiger partial charge < -0.3 is 14.8 Å². The Morgan fingerprint density at radius 2 is 1.78 bits per heavy atom. The number of rotatable bonds is 12. The Balaban J connectivity index is 1.84. The van der Waals surface area contributed by atoms with Gasteiger partial charge in [0, 0.05) is 17.8 Å². The van der Waals surface area contributed by atoms with Gasteiger partial charge in [-0.05, 0) is 66.4 Å². The number of methoxy groups -OCH3 is 2. The van der Waals surface area contributed by atoms with E-state index in [4.69, 9.17) is 9.47 Å². The molecule has 11 heteroatoms. The number of nitrogens with zero attached hydrogens (tertiary/aromatic N) is 5. The Bertz CT molecular complexity index is 1200. The molecule has 1 atom stereocenters. The summed E-state index contributed by atoms with van der Waals surface area (Å²) < 4.78 is 24.2. The molecule has 3 rings (SSSR count). The van der Waals surface area contributed by atoms with Gasteiger partial charge in [-0.2, -0.15) is 4.80 Å². The molecule has 1 heterocycles. The molecule has 3 aromatic rings. The summed E-state index contributed by atoms with van der Waals surface area (Å²) in [5.41, 5.74) is 1.03. The van der Waals surface area contributed by atoms with Gasteiger partial charge >= 0.3 is 0 Å². The maximum Gasteiger partial charge on any atom is 0.251 e. The van der Waals surface area contributed by atoms with Gasteiger partial charge in [-0.1, -0.05) is 20.8 Å². The fourth-order valence-electron chi connectivity index (χ4n) is 3.78. The normalized spacial score (nSPS) is 11.8. The van der Waals surface area contributed by atoms with E-state index in [1.54, 1.807) is 25.3 Å². The summed E-state index contributed by atoms with van der Waals surface area (Å²) in [6.45, 7) is 6.18. The van der Waals surface area contributed by atoms with E-state index in [9.17, 15) is 14.0 Å². The van der Waals surface area contributed by atoms with Crippen LogP contribution in [0.5, 0.6) is 11.5 Å². The van der Waals surface area contributed by atoms with Gasteiger partial charge in [0.05, 0.1) is 14.2 Å². The number of carbonyl (C=O) groups is 2. The van der Waals surface area contributed by atoms with Crippen LogP contribution in [0.4, 0.5) is 10.1 Å². The fourth-order valence-corrected chi connectivity index (χ4v) is 3.78. The number of amides is 2. The van der Waals surface area contributed by atoms with Crippen LogP contribution >= 0.6 is 0 Å². The van der Waals surface area contributed by atoms with Crippen molar-refractivity contribution in [1.29, 1.82) is 0 Å². The van der Waals surface area contributed by atoms with Crippen molar-refractivity contribution in [2.75, 3.05) is 25.7 Å². The average molecular weight is 513 g/mol. The molecule has 0 saturated heterocycles. The number of anilines is 1. The second-order valence-electron chi connectivity index (χ2n) is 8.85. The van der Waals surface area contributed by atoms with E-state index < -0.39 is 17.8 Å². The second-order valence-corrected chi connectivity index (χ2v) is 8.85. The Morgan fingerprint density at radius 1 is 1.08 bits per heavy atom. The topological polar surface area (TPSA) is 111 Å². The standard InChI is InChI=1S/C26H33FN6O4/c1-6-21(26(35)28-14-13-17(2)3)33(20-10-8-19(27)9-11-20)24(34)16-32-30-25(29-31-32)18-7-12-22(36-4)23(15-18)37-5/h7-12,15,17,21H,6,13-14,16H2,1-5H3,(H,28,35). The average Bonchev–Trinajstić information content (AvgIpc) is 3.35. The van der Waals surface area contributed by atoms with Gasteiger partial charge in [-0.25, -0.2) is 4.39 Å². The van der Waals surface area contributed by atoms with Crippen molar-refractivity contribution >= 4 is 17.5 Å². The first-order valence-electron chi connectivity index (χ1n) is 12.1. The highest BCUT2D eigenvalue weighted by Crippen LogP contribution is 2.30. The quantitative estimate of drug-likeness (QED) is 0.396. The number of tetrazole rings is 1. The summed E-state index contributed by atoms with van der Waals surface area (Å²) in [6.07, 6.45) is 1.17. The Hall–Kier alpha value is -4.02. The van der Waals surface area contributed by atoms with Crippen molar-refractivity contribution < 1.29 is 23.5 Å². The molecule has 0 aliphatic rings. The molecule has 1 unspecified atom stereocenters. The van der Waals surface area contributed by atoms with E-state index in [-0.39, 0.29) is 12.5 Å². The Labute approximate surface area is 215 Å². The number of nitrogens with one attached hydrogen (secondary N) is 1. The number of hydrogen-bond acceptors (Lipinski definition) is 7. The van der Waals surface area contributed by atoms with Crippen LogP contribution in [0, 0.1) is 11.7 Å². The van der Waals surface area contributed by atoms with Gasteiger partial charge in [0.2, 0.25) is 11.7 Å². The largest absolute Gasteiger partial charge is 0.493 e. The predicted octanol–water partition coefficient (Wildman–Crippen LogP) is 3.47. The van der Waals surface area contributed by atoms with E-state index in [1.165, 1.54) is 36.3 Å². The third-order valence-corrected chi connectivity index (χ3v) is 5.77. The molecule has 0 spiro atoms. The predicted molar refractivity (Wildman–Crippen MR) is 137 cm³/mol. The smallest absolute Gasteiger partial charge is 0.251 e. The van der Waals surface area contributed by atoms with Gasteiger partial charge in [0.25, 0.3) is 5.91 Å². The van der Waals surface area contributed by atoms with Gasteiger partial charge in [-0.15, -0.1) is 10.2 Å². The first-order valence-corrected chi connectivity index (χ1v) is 12.1. The molecule has 0 aliphatic carbocycles. The zero-order chi connectivity index (χ0) is 26.9. The van der Waals surface area contributed by atoms with Crippen LogP contribution in [0.2, 0.25) is 0 Å². The van der Waals surface area contributed by atoms with Crippen molar-refractivity contribution in [3.63, 3.8) is 0 Å². The summed E-state index contributed by atoms with van der Waals surface area (Å²) >= 11 is 0. The Morgan fingerprint density at radius 3 is 2.41 bits per heavy atom. The molecular formula is C26H33FN6O4. The summed E-state index contributed by atoms with van der Waals surface area (Å²) in [6, 6.07) is 9.84. The van der Waals surface area contributed by atoms with Crippen LogP contribution in [0.1, 0.15) is 33.6 Å². The van der Waals surface area contributed by atoms with E-state index in [1.807, 2.05) is 6.92 Å². The van der Waals surface area contributed by atoms with Gasteiger partial charge in [0.15, 0.2) is 11.5 Å². The molecule has 1 N–H and O–H groups in total. The first-order chi connectivity index (χ1) is 17.8. The highest BCUT2D eigenvalue weighted by molar-refractivity contribution is 6.00. The van der Waals surface area contributed by atoms with Crippen LogP contribution in [-0.4, -0.2) is 58.8 Å². The van der Waals surface area contributed by atoms with Crippen LogP contribution in [0.3, 0.4) is 0 Å². The lowest BCUT2D eigenvalue weighted by molar-refractivity contribution is -0.127. The van der Waals surface area contributed by atoms with E-state index in [0.717, 1.165) is 11.2 Å². The molecule has 198 valence electrons. The SMILES string of the molecule is CCC(C(=O)NCCC(C)C)N(C(=O)Cn1nnc(-c2ccc(OC)c(OC)c2)n1)c1ccc(F)cc1. The zero-order valence-electron chi connectivity index (χ0n) is 21.8. The Kier molecular flexibility index (Phi) is 9.53. The lowest BCUT2D eigenvalue weighted by Gasteiger charge is -2.30. The molecule has 0 bridgehead atoms. The molecule has 37 heavy (non-hydrogen) atoms. The number of carbonyl (C=O) groups excluding carboxylic acids is 2. The number of benzene rings is 2. The highest BCUT2D eigenvalue weighted by atomic mass is 19.1. The van der Waals surface area contributed by atoms with Crippen LogP contribution < -0.4 is 19.7 Å². The molecule has 0 fully saturated rings. The van der Waals surface area contributed by atoms with Crippen molar-refractivity contribution in [1.82, 2.24) is 25.5 Å². The molecule has 2 aromatic carbocycles. The third kappa shape index (κ3) is 7.02. The second kappa shape index (κ2) is 12.8. The van der Waals surface area contributed by atoms with E-state index in [2.05, 4.69) is 34.6 Å². The number of ether oxygens (including phenoxy) is 2. The van der Waals surface area contributed by atoms with Crippen molar-refractivity contribution in [2.24, 2.45) is 5.92 Å². The van der Waals surface area contributed by atoms with E-state index >= 15 is 0 Å². The lowest BCUT2D eigenvalue weighted by atomic mass is 10.1. The lowest BCUT2D eigenvalue weighted by Crippen LogP contribution is -2.51. The molecular weight excluding hydrogens is 479 g/mol. The van der Waals surface area contributed by atoms with Crippen molar-refractivity contribution in [3.05, 3.63) is 48.3 Å². The maximum atomic E-state index is 13.6. The van der Waals surface area contributed by atoms with Crippen LogP contribution in [0.15, 0.2) is 42.5 Å². The first kappa shape index (κ1) is 27.6. The van der Waals surface area contributed by atoms with Gasteiger partial charge in [-0.3, -0.25) is 14.5 Å². The maximum absolute atomic E-state index is 13.6. The minimum absolute atomic E-state index is 0.270. The molecule has 0 saturated carbocycles. The number of halogens is 1. The number of aromatic nitrogens is 4. The summed E-state index contributed by atoms with van der Waals surface area (Å²) in [4.78, 5) is 29.1. The third-order valence-electron chi connectivity index (χ3n) is 5.77. The summed E-state index contributed by atoms with van der Waals surface area (Å²) in [5, 5.41) is 15.3. The summed E-state index contributed by atoms with van der Waals surface area (Å²) in [7, 11) is 3.07. The minimum Gasteiger partial charge on any atom is -0.493 e. The zero-order valence-corrected chi connectivity index (χ0v) is 21.8. The molecule has 0 radical (unpaired) electrons. The monoisotopic (exact) mass is 512 g/mol. The van der Waals surface area contributed by atoms with Crippen molar-refractivity contribution in [3.8, 4) is 22.9 Å². The molecule has 2 amide bonds. The minimum atomic E-state index is -0.793. The summed E-state index contributed by atoms with van der Waals surface area (Å²) in [5.74, 6) is 0.620. The van der Waals surface area contributed by atoms with Crippen LogP contribution in [-0.2, 0) is 16.1 Å². The van der Waals surface area contributed by atoms with E-state index in [0.29, 0.717) is 47.5 Å². The van der Waals surface area contributed by atoms with Crippen LogP contribution in [0.25, 0.3) is 11.4 Å². The molecule has 0 aliphatic heterocycles. The van der Waals surface area contributed by atoms with Gasteiger partial charge in [0.1, 0.15) is 18.4 Å². The van der Waals surface area contributed by atoms with Crippen molar-refractivity contribution in [2.45, 2.75) is 46.2 Å². The fraction of sp³-hybridized carbons (Fsp3) is 0.423. The number of hydrogen-bond donors (Lipinski definition) is 1. The molecule has 10 nitrogen and oxygen atoms in total. The molecule has 1 aromatic heterocycles. The highest BCUT2D eigenvalue weighted by Gasteiger charge is 2.30.